The zero-order chi connectivity index (χ0) is 22.9. The first-order valence-electron chi connectivity index (χ1n) is 9.40. The highest BCUT2D eigenvalue weighted by Gasteiger charge is 2.32. The van der Waals surface area contributed by atoms with Crippen LogP contribution in [0, 0.1) is 13.8 Å². The lowest BCUT2D eigenvalue weighted by atomic mass is 10.2. The van der Waals surface area contributed by atoms with Gasteiger partial charge in [-0.05, 0) is 32.0 Å². The number of hydrogen-bond donors (Lipinski definition) is 0. The third-order valence-electron chi connectivity index (χ3n) is 4.67. The lowest BCUT2D eigenvalue weighted by Crippen LogP contribution is -2.19. The zero-order valence-electron chi connectivity index (χ0n) is 17.0. The number of aryl methyl sites for hydroxylation is 1. The Labute approximate surface area is 189 Å². The molecule has 0 unspecified atom stereocenters. The summed E-state index contributed by atoms with van der Waals surface area (Å²) < 4.78 is 42.5. The lowest BCUT2D eigenvalue weighted by molar-refractivity contribution is -0.141. The van der Waals surface area contributed by atoms with E-state index in [1.54, 1.807) is 24.4 Å². The van der Waals surface area contributed by atoms with E-state index in [-0.39, 0.29) is 22.5 Å². The first-order valence-corrected chi connectivity index (χ1v) is 11.3. The second kappa shape index (κ2) is 8.87. The summed E-state index contributed by atoms with van der Waals surface area (Å²) >= 11 is 2.38. The van der Waals surface area contributed by atoms with Gasteiger partial charge in [-0.25, -0.2) is 4.98 Å². The highest BCUT2D eigenvalue weighted by Crippen LogP contribution is 2.29. The van der Waals surface area contributed by atoms with E-state index < -0.39 is 12.7 Å². The summed E-state index contributed by atoms with van der Waals surface area (Å²) in [7, 11) is 0. The van der Waals surface area contributed by atoms with E-state index in [0.29, 0.717) is 11.1 Å². The number of thioether (sulfide) groups is 1. The van der Waals surface area contributed by atoms with E-state index in [4.69, 9.17) is 0 Å². The number of hydrogen-bond acceptors (Lipinski definition) is 7. The molecule has 0 fully saturated rings. The Morgan fingerprint density at radius 1 is 1.16 bits per heavy atom. The van der Waals surface area contributed by atoms with Crippen LogP contribution in [-0.4, -0.2) is 47.0 Å². The van der Waals surface area contributed by atoms with E-state index >= 15 is 0 Å². The zero-order valence-corrected chi connectivity index (χ0v) is 18.6. The van der Waals surface area contributed by atoms with Gasteiger partial charge >= 0.3 is 6.18 Å². The molecule has 4 aromatic heterocycles. The van der Waals surface area contributed by atoms with Crippen molar-refractivity contribution in [2.45, 2.75) is 31.7 Å². The van der Waals surface area contributed by atoms with Crippen LogP contribution >= 0.6 is 23.1 Å². The molecule has 0 saturated heterocycles. The van der Waals surface area contributed by atoms with Gasteiger partial charge in [0, 0.05) is 46.5 Å². The summed E-state index contributed by atoms with van der Waals surface area (Å²) in [5, 5.41) is 10.5. The molecule has 0 aliphatic rings. The van der Waals surface area contributed by atoms with Gasteiger partial charge < -0.3 is 0 Å². The van der Waals surface area contributed by atoms with E-state index in [1.807, 2.05) is 23.8 Å². The average Bonchev–Trinajstić information content (AvgIpc) is 3.46. The van der Waals surface area contributed by atoms with Gasteiger partial charge in [-0.3, -0.25) is 18.9 Å². The summed E-state index contributed by atoms with van der Waals surface area (Å²) in [5.74, 6) is -0.214. The SMILES string of the molecule is Cc1cc(C(=O)CSc2nnc(-c3ccncc3)n2CC(F)(F)F)c(C)n1-c1nccs1. The standard InChI is InChI=1S/C20H17F3N6OS2/c1-12-9-15(13(2)29(12)18-25-7-8-31-18)16(30)10-32-19-27-26-17(14-3-5-24-6-4-14)28(19)11-20(21,22)23/h3-9H,10-11H2,1-2H3. The Hall–Kier alpha value is -2.99. The number of alkyl halides is 3. The fourth-order valence-corrected chi connectivity index (χ4v) is 4.88. The van der Waals surface area contributed by atoms with Gasteiger partial charge in [-0.1, -0.05) is 11.8 Å². The molecule has 0 radical (unpaired) electrons. The smallest absolute Gasteiger partial charge is 0.294 e. The van der Waals surface area contributed by atoms with Crippen LogP contribution in [0.2, 0.25) is 0 Å². The molecule has 0 N–H and O–H groups in total. The Morgan fingerprint density at radius 2 is 1.91 bits per heavy atom. The highest BCUT2D eigenvalue weighted by atomic mass is 32.2. The second-order valence-electron chi connectivity index (χ2n) is 6.89. The fourth-order valence-electron chi connectivity index (χ4n) is 3.31. The van der Waals surface area contributed by atoms with Crippen molar-refractivity contribution in [1.29, 1.82) is 0 Å². The third kappa shape index (κ3) is 4.60. The second-order valence-corrected chi connectivity index (χ2v) is 8.71. The van der Waals surface area contributed by atoms with Crippen molar-refractivity contribution < 1.29 is 18.0 Å². The summed E-state index contributed by atoms with van der Waals surface area (Å²) in [6.45, 7) is 2.44. The van der Waals surface area contributed by atoms with E-state index in [0.717, 1.165) is 32.8 Å². The summed E-state index contributed by atoms with van der Waals surface area (Å²) in [6, 6.07) is 4.89. The van der Waals surface area contributed by atoms with Crippen LogP contribution in [0.4, 0.5) is 13.2 Å². The maximum atomic E-state index is 13.2. The normalized spacial score (nSPS) is 11.8. The minimum absolute atomic E-state index is 0.0243. The van der Waals surface area contributed by atoms with Gasteiger partial charge in [-0.15, -0.1) is 21.5 Å². The predicted molar refractivity (Wildman–Crippen MR) is 115 cm³/mol. The maximum absolute atomic E-state index is 13.2. The number of aromatic nitrogens is 6. The number of rotatable bonds is 7. The largest absolute Gasteiger partial charge is 0.406 e. The number of carbonyl (C=O) groups excluding carboxylic acids is 1. The molecular formula is C20H17F3N6OS2. The molecule has 0 amide bonds. The first kappa shape index (κ1) is 22.2. The molecule has 32 heavy (non-hydrogen) atoms. The number of halogens is 3. The number of Topliss-reactive ketones (excluding diaryl/α,β-unsaturated/α-hetero) is 1. The van der Waals surface area contributed by atoms with Crippen molar-refractivity contribution in [3.8, 4) is 16.5 Å². The molecule has 4 aromatic rings. The van der Waals surface area contributed by atoms with Gasteiger partial charge in [0.1, 0.15) is 6.54 Å². The van der Waals surface area contributed by atoms with Gasteiger partial charge in [0.15, 0.2) is 21.9 Å². The van der Waals surface area contributed by atoms with E-state index in [9.17, 15) is 18.0 Å². The Bertz CT molecular complexity index is 1230. The Morgan fingerprint density at radius 3 is 2.56 bits per heavy atom. The molecule has 0 aliphatic carbocycles. The van der Waals surface area contributed by atoms with Crippen molar-refractivity contribution in [1.82, 2.24) is 29.3 Å². The lowest BCUT2D eigenvalue weighted by Gasteiger charge is -2.12. The van der Waals surface area contributed by atoms with Crippen molar-refractivity contribution in [3.63, 3.8) is 0 Å². The van der Waals surface area contributed by atoms with Crippen LogP contribution in [-0.2, 0) is 6.54 Å². The van der Waals surface area contributed by atoms with Gasteiger partial charge in [0.25, 0.3) is 0 Å². The molecule has 4 heterocycles. The summed E-state index contributed by atoms with van der Waals surface area (Å²) in [4.78, 5) is 21.1. The van der Waals surface area contributed by atoms with Crippen LogP contribution in [0.25, 0.3) is 16.5 Å². The molecule has 0 aliphatic heterocycles. The topological polar surface area (TPSA) is 78.5 Å². The summed E-state index contributed by atoms with van der Waals surface area (Å²) in [5.41, 5.74) is 2.55. The molecular weight excluding hydrogens is 461 g/mol. The molecule has 12 heteroatoms. The Kier molecular flexibility index (Phi) is 6.15. The minimum atomic E-state index is -4.47. The molecule has 0 spiro atoms. The van der Waals surface area contributed by atoms with Crippen LogP contribution in [0.5, 0.6) is 0 Å². The molecule has 7 nitrogen and oxygen atoms in total. The molecule has 0 saturated carbocycles. The average molecular weight is 479 g/mol. The number of ketones is 1. The van der Waals surface area contributed by atoms with Crippen molar-refractivity contribution in [2.24, 2.45) is 0 Å². The summed E-state index contributed by atoms with van der Waals surface area (Å²) in [6.07, 6.45) is 0.152. The number of pyridine rings is 1. The Balaban J connectivity index is 1.58. The number of nitrogens with zero attached hydrogens (tertiary/aromatic N) is 6. The predicted octanol–water partition coefficient (Wildman–Crippen LogP) is 4.74. The fraction of sp³-hybridized carbons (Fsp3) is 0.250. The molecule has 0 bridgehead atoms. The molecule has 0 atom stereocenters. The van der Waals surface area contributed by atoms with Crippen molar-refractivity contribution in [2.75, 3.05) is 5.75 Å². The van der Waals surface area contributed by atoms with Crippen LogP contribution in [0.1, 0.15) is 21.7 Å². The molecule has 0 aromatic carbocycles. The van der Waals surface area contributed by atoms with Gasteiger partial charge in [0.05, 0.1) is 5.75 Å². The van der Waals surface area contributed by atoms with E-state index in [2.05, 4.69) is 20.2 Å². The highest BCUT2D eigenvalue weighted by molar-refractivity contribution is 7.99. The maximum Gasteiger partial charge on any atom is 0.406 e. The van der Waals surface area contributed by atoms with Gasteiger partial charge in [-0.2, -0.15) is 13.2 Å². The van der Waals surface area contributed by atoms with Crippen LogP contribution < -0.4 is 0 Å². The molecule has 4 rings (SSSR count). The minimum Gasteiger partial charge on any atom is -0.294 e. The van der Waals surface area contributed by atoms with Crippen molar-refractivity contribution in [3.05, 3.63) is 59.1 Å². The van der Waals surface area contributed by atoms with Crippen LogP contribution in [0.3, 0.4) is 0 Å². The number of carbonyl (C=O) groups is 1. The number of thiazole rings is 1. The quantitative estimate of drug-likeness (QED) is 0.282. The van der Waals surface area contributed by atoms with Crippen LogP contribution in [0.15, 0.2) is 47.3 Å². The molecule has 166 valence electrons. The van der Waals surface area contributed by atoms with Gasteiger partial charge in [0.2, 0.25) is 0 Å². The van der Waals surface area contributed by atoms with Crippen molar-refractivity contribution >= 4 is 28.9 Å². The third-order valence-corrected chi connectivity index (χ3v) is 6.39. The van der Waals surface area contributed by atoms with E-state index in [1.165, 1.54) is 23.7 Å². The first-order chi connectivity index (χ1) is 15.2. The monoisotopic (exact) mass is 478 g/mol.